The topological polar surface area (TPSA) is 90.9 Å². The molecular weight excluding hydrogens is 384 g/mol. The maximum Gasteiger partial charge on any atom is 0.341 e. The quantitative estimate of drug-likeness (QED) is 0.718. The van der Waals surface area contributed by atoms with Gasteiger partial charge < -0.3 is 19.5 Å². The Kier molecular flexibility index (Phi) is 5.45. The molecule has 2 aromatic carbocycles. The minimum Gasteiger partial charge on any atom is -0.492 e. The van der Waals surface area contributed by atoms with Crippen LogP contribution in [-0.2, 0) is 9.84 Å². The maximum atomic E-state index is 12.5. The Bertz CT molecular complexity index is 931. The molecule has 0 unspecified atom stereocenters. The molecule has 3 rings (SSSR count). The van der Waals surface area contributed by atoms with E-state index in [9.17, 15) is 22.0 Å². The minimum atomic E-state index is -4.68. The average Bonchev–Trinajstić information content (AvgIpc) is 3.13. The minimum absolute atomic E-state index is 0.145. The second-order valence-corrected chi connectivity index (χ2v) is 7.37. The molecule has 0 aliphatic carbocycles. The molecule has 0 spiro atoms. The van der Waals surface area contributed by atoms with Crippen LogP contribution >= 0.6 is 0 Å². The van der Waals surface area contributed by atoms with Gasteiger partial charge in [0.2, 0.25) is 16.6 Å². The molecule has 7 nitrogen and oxygen atoms in total. The molecule has 0 fully saturated rings. The molecule has 27 heavy (non-hydrogen) atoms. The number of hydrogen-bond donors (Lipinski definition) is 1. The third kappa shape index (κ3) is 4.27. The monoisotopic (exact) mass is 399 g/mol. The number of ether oxygens (including phenoxy) is 3. The average molecular weight is 399 g/mol. The van der Waals surface area contributed by atoms with Gasteiger partial charge in [0.15, 0.2) is 11.5 Å². The van der Waals surface area contributed by atoms with Crippen LogP contribution in [0.25, 0.3) is 0 Å². The zero-order valence-corrected chi connectivity index (χ0v) is 14.7. The van der Waals surface area contributed by atoms with Crippen molar-refractivity contribution in [3.05, 3.63) is 48.0 Å². The van der Waals surface area contributed by atoms with Crippen LogP contribution in [0.2, 0.25) is 0 Å². The van der Waals surface area contributed by atoms with E-state index in [0.29, 0.717) is 17.2 Å². The Morgan fingerprint density at radius 3 is 2.52 bits per heavy atom. The number of halogens is 2. The van der Waals surface area contributed by atoms with E-state index in [-0.39, 0.29) is 25.5 Å². The van der Waals surface area contributed by atoms with Crippen molar-refractivity contribution >= 4 is 15.7 Å². The first-order chi connectivity index (χ1) is 12.9. The van der Waals surface area contributed by atoms with Gasteiger partial charge >= 0.3 is 5.76 Å². The van der Waals surface area contributed by atoms with Crippen LogP contribution in [0.3, 0.4) is 0 Å². The zero-order valence-electron chi connectivity index (χ0n) is 13.9. The van der Waals surface area contributed by atoms with Crippen molar-refractivity contribution in [2.45, 2.75) is 10.7 Å². The van der Waals surface area contributed by atoms with E-state index in [2.05, 4.69) is 5.32 Å². The Hall–Kier alpha value is -2.88. The molecule has 1 aliphatic rings. The first kappa shape index (κ1) is 18.9. The summed E-state index contributed by atoms with van der Waals surface area (Å²) in [7, 11) is -4.68. The fraction of sp³-hybridized carbons (Fsp3) is 0.235. The predicted octanol–water partition coefficient (Wildman–Crippen LogP) is 2.22. The Labute approximate surface area is 153 Å². The largest absolute Gasteiger partial charge is 0.492 e. The van der Waals surface area contributed by atoms with E-state index >= 15 is 0 Å². The number of alkyl halides is 2. The van der Waals surface area contributed by atoms with Crippen LogP contribution in [0.15, 0.2) is 47.4 Å². The lowest BCUT2D eigenvalue weighted by atomic mass is 10.2. The number of fused-ring (bicyclic) bond motifs is 1. The molecule has 1 heterocycles. The van der Waals surface area contributed by atoms with Crippen LogP contribution in [-0.4, -0.2) is 40.0 Å². The highest BCUT2D eigenvalue weighted by Gasteiger charge is 2.26. The van der Waals surface area contributed by atoms with E-state index < -0.39 is 26.4 Å². The van der Waals surface area contributed by atoms with E-state index in [1.54, 1.807) is 18.2 Å². The fourth-order valence-electron chi connectivity index (χ4n) is 2.30. The highest BCUT2D eigenvalue weighted by molar-refractivity contribution is 7.91. The standard InChI is InChI=1S/C17H15F2NO6S/c18-17(19)27(22,23)13-4-1-11(2-5-13)16(21)20-7-8-24-12-3-6-14-15(9-12)26-10-25-14/h1-6,9,17H,7-8,10H2,(H,20,21). The van der Waals surface area contributed by atoms with Crippen LogP contribution in [0.5, 0.6) is 17.2 Å². The summed E-state index contributed by atoms with van der Waals surface area (Å²) in [6.07, 6.45) is 0. The van der Waals surface area contributed by atoms with Crippen molar-refractivity contribution in [3.8, 4) is 17.2 Å². The third-order valence-electron chi connectivity index (χ3n) is 3.68. The van der Waals surface area contributed by atoms with E-state index in [0.717, 1.165) is 12.1 Å². The predicted molar refractivity (Wildman–Crippen MR) is 90.0 cm³/mol. The van der Waals surface area contributed by atoms with E-state index in [1.807, 2.05) is 0 Å². The summed E-state index contributed by atoms with van der Waals surface area (Å²) in [6.45, 7) is 0.528. The lowest BCUT2D eigenvalue weighted by Crippen LogP contribution is -2.28. The molecular formula is C17H15F2NO6S. The number of sulfone groups is 1. The summed E-state index contributed by atoms with van der Waals surface area (Å²) < 4.78 is 63.6. The number of carbonyl (C=O) groups is 1. The molecule has 1 N–H and O–H groups in total. The maximum absolute atomic E-state index is 12.5. The van der Waals surface area contributed by atoms with Crippen molar-refractivity contribution in [2.75, 3.05) is 19.9 Å². The molecule has 0 atom stereocenters. The number of rotatable bonds is 7. The van der Waals surface area contributed by atoms with Crippen molar-refractivity contribution in [2.24, 2.45) is 0 Å². The smallest absolute Gasteiger partial charge is 0.341 e. The van der Waals surface area contributed by atoms with Crippen LogP contribution in [0.1, 0.15) is 10.4 Å². The van der Waals surface area contributed by atoms with Crippen molar-refractivity contribution in [1.29, 1.82) is 0 Å². The number of amides is 1. The van der Waals surface area contributed by atoms with Gasteiger partial charge in [-0.2, -0.15) is 8.78 Å². The van der Waals surface area contributed by atoms with Crippen LogP contribution in [0, 0.1) is 0 Å². The molecule has 0 bridgehead atoms. The van der Waals surface area contributed by atoms with Gasteiger partial charge in [-0.3, -0.25) is 4.79 Å². The molecule has 1 aliphatic heterocycles. The van der Waals surface area contributed by atoms with Crippen LogP contribution < -0.4 is 19.5 Å². The van der Waals surface area contributed by atoms with Gasteiger partial charge in [-0.25, -0.2) is 8.42 Å². The van der Waals surface area contributed by atoms with Gasteiger partial charge in [-0.1, -0.05) is 0 Å². The highest BCUT2D eigenvalue weighted by atomic mass is 32.2. The Morgan fingerprint density at radius 2 is 1.81 bits per heavy atom. The molecule has 10 heteroatoms. The van der Waals surface area contributed by atoms with Gasteiger partial charge in [-0.05, 0) is 36.4 Å². The molecule has 0 saturated carbocycles. The molecule has 0 saturated heterocycles. The number of carbonyl (C=O) groups excluding carboxylic acids is 1. The van der Waals surface area contributed by atoms with E-state index in [1.165, 1.54) is 12.1 Å². The van der Waals surface area contributed by atoms with Gasteiger partial charge in [0.1, 0.15) is 12.4 Å². The van der Waals surface area contributed by atoms with Crippen molar-refractivity contribution in [3.63, 3.8) is 0 Å². The van der Waals surface area contributed by atoms with Crippen LogP contribution in [0.4, 0.5) is 8.78 Å². The van der Waals surface area contributed by atoms with Crippen molar-refractivity contribution in [1.82, 2.24) is 5.32 Å². The second kappa shape index (κ2) is 7.78. The first-order valence-electron chi connectivity index (χ1n) is 7.81. The Morgan fingerprint density at radius 1 is 1.11 bits per heavy atom. The third-order valence-corrected chi connectivity index (χ3v) is 5.08. The van der Waals surface area contributed by atoms with Gasteiger partial charge in [0, 0.05) is 11.6 Å². The SMILES string of the molecule is O=C(NCCOc1ccc2c(c1)OCO2)c1ccc(S(=O)(=O)C(F)F)cc1. The van der Waals surface area contributed by atoms with Gasteiger partial charge in [0.25, 0.3) is 5.91 Å². The highest BCUT2D eigenvalue weighted by Crippen LogP contribution is 2.34. The summed E-state index contributed by atoms with van der Waals surface area (Å²) in [6, 6.07) is 9.38. The summed E-state index contributed by atoms with van der Waals surface area (Å²) in [4.78, 5) is 11.5. The normalized spacial score (nSPS) is 12.9. The van der Waals surface area contributed by atoms with Crippen molar-refractivity contribution < 1.29 is 36.2 Å². The first-order valence-corrected chi connectivity index (χ1v) is 9.35. The second-order valence-electron chi connectivity index (χ2n) is 5.45. The van der Waals surface area contributed by atoms with Gasteiger partial charge in [-0.15, -0.1) is 0 Å². The molecule has 2 aromatic rings. The number of nitrogens with one attached hydrogen (secondary N) is 1. The lowest BCUT2D eigenvalue weighted by molar-refractivity contribution is 0.0947. The van der Waals surface area contributed by atoms with Gasteiger partial charge in [0.05, 0.1) is 11.4 Å². The molecule has 0 aromatic heterocycles. The zero-order chi connectivity index (χ0) is 19.4. The summed E-state index contributed by atoms with van der Waals surface area (Å²) in [5.74, 6) is -2.23. The molecule has 0 radical (unpaired) electrons. The molecule has 144 valence electrons. The Balaban J connectivity index is 1.49. The fourth-order valence-corrected chi connectivity index (χ4v) is 3.02. The summed E-state index contributed by atoms with van der Waals surface area (Å²) in [5, 5.41) is 2.59. The molecule has 1 amide bonds. The number of benzene rings is 2. The lowest BCUT2D eigenvalue weighted by Gasteiger charge is -2.09. The van der Waals surface area contributed by atoms with E-state index in [4.69, 9.17) is 14.2 Å². The summed E-state index contributed by atoms with van der Waals surface area (Å²) >= 11 is 0. The number of hydrogen-bond acceptors (Lipinski definition) is 6. The summed E-state index contributed by atoms with van der Waals surface area (Å²) in [5.41, 5.74) is 0.145.